The normalized spacial score (nSPS) is 17.3. The number of hydrogen-bond acceptors (Lipinski definition) is 2. The molecule has 2 rings (SSSR count). The summed E-state index contributed by atoms with van der Waals surface area (Å²) in [5.74, 6) is -0.928. The third kappa shape index (κ3) is 1.91. The van der Waals surface area contributed by atoms with Crippen LogP contribution in [0.1, 0.15) is 24.0 Å². The molecule has 1 aromatic rings. The maximum Gasteiger partial charge on any atom is 0.416 e. The highest BCUT2D eigenvalue weighted by Crippen LogP contribution is 2.52. The van der Waals surface area contributed by atoms with E-state index >= 15 is 0 Å². The standard InChI is InChI=1S/C12H11F3O3/c1-18-9-3-2-7(12(13,14)15)6-8(9)11(4-5-11)10(16)17/h2-3,6H,4-5H2,1H3,(H,16,17). The molecule has 1 fully saturated rings. The van der Waals surface area contributed by atoms with Crippen LogP contribution in [0, 0.1) is 0 Å². The third-order valence-corrected chi connectivity index (χ3v) is 3.20. The smallest absolute Gasteiger partial charge is 0.416 e. The summed E-state index contributed by atoms with van der Waals surface area (Å²) in [6.07, 6.45) is -3.82. The number of aliphatic carboxylic acids is 1. The predicted molar refractivity (Wildman–Crippen MR) is 56.5 cm³/mol. The van der Waals surface area contributed by atoms with Crippen molar-refractivity contribution in [3.8, 4) is 5.75 Å². The minimum Gasteiger partial charge on any atom is -0.496 e. The molecule has 1 aliphatic rings. The van der Waals surface area contributed by atoms with Gasteiger partial charge in [0.25, 0.3) is 0 Å². The predicted octanol–water partition coefficient (Wildman–Crippen LogP) is 2.83. The lowest BCUT2D eigenvalue weighted by Gasteiger charge is -2.17. The molecule has 0 saturated heterocycles. The number of carboxylic acids is 1. The number of halogens is 3. The molecule has 18 heavy (non-hydrogen) atoms. The topological polar surface area (TPSA) is 46.5 Å². The Hall–Kier alpha value is -1.72. The van der Waals surface area contributed by atoms with Gasteiger partial charge >= 0.3 is 12.1 Å². The first-order valence-electron chi connectivity index (χ1n) is 5.30. The van der Waals surface area contributed by atoms with E-state index < -0.39 is 23.1 Å². The maximum atomic E-state index is 12.6. The number of benzene rings is 1. The number of alkyl halides is 3. The molecule has 1 saturated carbocycles. The van der Waals surface area contributed by atoms with E-state index in [9.17, 15) is 18.0 Å². The monoisotopic (exact) mass is 260 g/mol. The highest BCUT2D eigenvalue weighted by Gasteiger charge is 2.54. The van der Waals surface area contributed by atoms with Crippen LogP contribution < -0.4 is 4.74 Å². The molecule has 0 bridgehead atoms. The van der Waals surface area contributed by atoms with Gasteiger partial charge in [0, 0.05) is 5.56 Å². The van der Waals surface area contributed by atoms with Gasteiger partial charge in [0.1, 0.15) is 5.75 Å². The number of ether oxygens (including phenoxy) is 1. The van der Waals surface area contributed by atoms with Crippen LogP contribution in [-0.2, 0) is 16.4 Å². The van der Waals surface area contributed by atoms with Crippen LogP contribution in [0.5, 0.6) is 5.75 Å². The van der Waals surface area contributed by atoms with Crippen molar-refractivity contribution in [2.75, 3.05) is 7.11 Å². The molecular formula is C12H11F3O3. The highest BCUT2D eigenvalue weighted by atomic mass is 19.4. The molecule has 0 amide bonds. The number of hydrogen-bond donors (Lipinski definition) is 1. The first-order chi connectivity index (χ1) is 8.31. The van der Waals surface area contributed by atoms with Gasteiger partial charge < -0.3 is 9.84 Å². The van der Waals surface area contributed by atoms with Crippen molar-refractivity contribution in [3.05, 3.63) is 29.3 Å². The Morgan fingerprint density at radius 3 is 2.39 bits per heavy atom. The summed E-state index contributed by atoms with van der Waals surface area (Å²) in [4.78, 5) is 11.2. The molecule has 0 heterocycles. The van der Waals surface area contributed by atoms with Gasteiger partial charge in [-0.05, 0) is 31.0 Å². The van der Waals surface area contributed by atoms with Gasteiger partial charge in [-0.25, -0.2) is 0 Å². The second-order valence-corrected chi connectivity index (χ2v) is 4.30. The van der Waals surface area contributed by atoms with Crippen LogP contribution in [0.25, 0.3) is 0 Å². The second-order valence-electron chi connectivity index (χ2n) is 4.30. The van der Waals surface area contributed by atoms with Crippen molar-refractivity contribution in [2.45, 2.75) is 24.4 Å². The van der Waals surface area contributed by atoms with Crippen molar-refractivity contribution in [1.29, 1.82) is 0 Å². The summed E-state index contributed by atoms with van der Waals surface area (Å²) < 4.78 is 42.8. The minimum atomic E-state index is -4.49. The van der Waals surface area contributed by atoms with Crippen molar-refractivity contribution >= 4 is 5.97 Å². The molecule has 1 aliphatic carbocycles. The summed E-state index contributed by atoms with van der Waals surface area (Å²) in [6, 6.07) is 2.93. The Kier molecular flexibility index (Phi) is 2.76. The third-order valence-electron chi connectivity index (χ3n) is 3.20. The van der Waals surface area contributed by atoms with Crippen LogP contribution in [0.15, 0.2) is 18.2 Å². The number of carboxylic acid groups (broad SMARTS) is 1. The van der Waals surface area contributed by atoms with Gasteiger partial charge in [0.2, 0.25) is 0 Å². The van der Waals surface area contributed by atoms with E-state index in [4.69, 9.17) is 9.84 Å². The van der Waals surface area contributed by atoms with Crippen molar-refractivity contribution in [2.24, 2.45) is 0 Å². The molecule has 0 spiro atoms. The molecule has 1 aromatic carbocycles. The zero-order chi connectivity index (χ0) is 13.6. The van der Waals surface area contributed by atoms with Crippen molar-refractivity contribution < 1.29 is 27.8 Å². The highest BCUT2D eigenvalue weighted by molar-refractivity contribution is 5.86. The van der Waals surface area contributed by atoms with Gasteiger partial charge in [0.05, 0.1) is 18.1 Å². The molecular weight excluding hydrogens is 249 g/mol. The Morgan fingerprint density at radius 1 is 1.39 bits per heavy atom. The van der Waals surface area contributed by atoms with Gasteiger partial charge in [-0.15, -0.1) is 0 Å². The fraction of sp³-hybridized carbons (Fsp3) is 0.417. The molecule has 6 heteroatoms. The molecule has 0 atom stereocenters. The zero-order valence-electron chi connectivity index (χ0n) is 9.54. The summed E-state index contributed by atoms with van der Waals surface area (Å²) in [5, 5.41) is 9.13. The lowest BCUT2D eigenvalue weighted by molar-refractivity contribution is -0.141. The Labute approximate surface area is 101 Å². The van der Waals surface area contributed by atoms with E-state index in [0.717, 1.165) is 12.1 Å². The Morgan fingerprint density at radius 2 is 2.00 bits per heavy atom. The maximum absolute atomic E-state index is 12.6. The van der Waals surface area contributed by atoms with E-state index in [1.54, 1.807) is 0 Å². The van der Waals surface area contributed by atoms with Crippen LogP contribution in [0.4, 0.5) is 13.2 Å². The van der Waals surface area contributed by atoms with Gasteiger partial charge in [-0.1, -0.05) is 0 Å². The molecule has 1 N–H and O–H groups in total. The average Bonchev–Trinajstić information content (AvgIpc) is 3.08. The summed E-state index contributed by atoms with van der Waals surface area (Å²) in [7, 11) is 1.31. The zero-order valence-corrected chi connectivity index (χ0v) is 9.54. The van der Waals surface area contributed by atoms with Crippen molar-refractivity contribution in [1.82, 2.24) is 0 Å². The van der Waals surface area contributed by atoms with E-state index in [1.807, 2.05) is 0 Å². The largest absolute Gasteiger partial charge is 0.496 e. The van der Waals surface area contributed by atoms with E-state index in [1.165, 1.54) is 13.2 Å². The molecule has 0 aliphatic heterocycles. The van der Waals surface area contributed by atoms with Crippen LogP contribution >= 0.6 is 0 Å². The minimum absolute atomic E-state index is 0.104. The summed E-state index contributed by atoms with van der Waals surface area (Å²) in [5.41, 5.74) is -1.97. The summed E-state index contributed by atoms with van der Waals surface area (Å²) in [6.45, 7) is 0. The van der Waals surface area contributed by atoms with Crippen molar-refractivity contribution in [3.63, 3.8) is 0 Å². The lowest BCUT2D eigenvalue weighted by atomic mass is 9.93. The van der Waals surface area contributed by atoms with E-state index in [0.29, 0.717) is 12.8 Å². The number of methoxy groups -OCH3 is 1. The van der Waals surface area contributed by atoms with Gasteiger partial charge in [0.15, 0.2) is 0 Å². The lowest BCUT2D eigenvalue weighted by Crippen LogP contribution is -2.21. The van der Waals surface area contributed by atoms with E-state index in [-0.39, 0.29) is 11.3 Å². The van der Waals surface area contributed by atoms with Crippen LogP contribution in [-0.4, -0.2) is 18.2 Å². The molecule has 3 nitrogen and oxygen atoms in total. The quantitative estimate of drug-likeness (QED) is 0.909. The molecule has 0 unspecified atom stereocenters. The molecule has 0 radical (unpaired) electrons. The second kappa shape index (κ2) is 3.90. The summed E-state index contributed by atoms with van der Waals surface area (Å²) >= 11 is 0. The number of rotatable bonds is 3. The Balaban J connectivity index is 2.54. The van der Waals surface area contributed by atoms with E-state index in [2.05, 4.69) is 0 Å². The van der Waals surface area contributed by atoms with Crippen LogP contribution in [0.3, 0.4) is 0 Å². The SMILES string of the molecule is COc1ccc(C(F)(F)F)cc1C1(C(=O)O)CC1. The molecule has 98 valence electrons. The first-order valence-corrected chi connectivity index (χ1v) is 5.30. The fourth-order valence-corrected chi connectivity index (χ4v) is 1.98. The van der Waals surface area contributed by atoms with Gasteiger partial charge in [-0.3, -0.25) is 4.79 Å². The number of carbonyl (C=O) groups is 1. The average molecular weight is 260 g/mol. The fourth-order valence-electron chi connectivity index (χ4n) is 1.98. The first kappa shape index (κ1) is 12.7. The van der Waals surface area contributed by atoms with Gasteiger partial charge in [-0.2, -0.15) is 13.2 Å². The Bertz CT molecular complexity index is 490. The molecule has 0 aromatic heterocycles. The van der Waals surface area contributed by atoms with Crippen LogP contribution in [0.2, 0.25) is 0 Å².